The molecule has 5 nitrogen and oxygen atoms in total. The first-order chi connectivity index (χ1) is 6.36. The van der Waals surface area contributed by atoms with Crippen molar-refractivity contribution < 1.29 is 5.01 Å². The van der Waals surface area contributed by atoms with Crippen molar-refractivity contribution in [1.82, 2.24) is 10.3 Å². The highest BCUT2D eigenvalue weighted by molar-refractivity contribution is 4.58. The van der Waals surface area contributed by atoms with Crippen molar-refractivity contribution in [3.63, 3.8) is 0 Å². The molecule has 0 bridgehead atoms. The summed E-state index contributed by atoms with van der Waals surface area (Å²) in [6.45, 7) is 8.03. The summed E-state index contributed by atoms with van der Waals surface area (Å²) in [6.07, 6.45) is 0. The van der Waals surface area contributed by atoms with Crippen LogP contribution in [0.3, 0.4) is 0 Å². The number of rotatable bonds is 7. The van der Waals surface area contributed by atoms with Crippen LogP contribution in [0, 0.1) is 0 Å². The van der Waals surface area contributed by atoms with Crippen LogP contribution in [0.25, 0.3) is 0 Å². The molecule has 1 atom stereocenters. The summed E-state index contributed by atoms with van der Waals surface area (Å²) < 4.78 is 0. The predicted molar refractivity (Wildman–Crippen MR) is 80.2 cm³/mol. The fourth-order valence-electron chi connectivity index (χ4n) is 1.51. The Bertz CT molecular complexity index is 122. The second-order valence-corrected chi connectivity index (χ2v) is 3.45. The van der Waals surface area contributed by atoms with Gasteiger partial charge in [-0.1, -0.05) is 29.7 Å². The molecule has 1 aliphatic rings. The molecule has 0 radical (unpaired) electrons. The second kappa shape index (κ2) is 15.8. The lowest BCUT2D eigenvalue weighted by atomic mass is 10.4. The fourth-order valence-corrected chi connectivity index (χ4v) is 1.51. The molecule has 1 saturated heterocycles. The van der Waals surface area contributed by atoms with Crippen LogP contribution in [-0.2, 0) is 0 Å². The van der Waals surface area contributed by atoms with Crippen LogP contribution in [0.2, 0.25) is 0 Å². The molecule has 1 fully saturated rings. The lowest BCUT2D eigenvalue weighted by Crippen LogP contribution is -3.26. The summed E-state index contributed by atoms with van der Waals surface area (Å²) in [7, 11) is 0. The first kappa shape index (κ1) is 25.6. The molecule has 1 rings (SSSR count). The zero-order chi connectivity index (χ0) is 9.52. The topological polar surface area (TPSA) is 71.8 Å². The Morgan fingerprint density at radius 3 is 1.71 bits per heavy atom. The largest absolute Gasteiger partial charge is 0.329 e. The van der Waals surface area contributed by atoms with Crippen LogP contribution in [0.4, 0.5) is 0 Å². The maximum Gasteiger partial charge on any atom is 0.112 e. The number of nitrogens with two attached hydrogens (primary N) is 2. The Balaban J connectivity index is -0.000000211. The van der Waals surface area contributed by atoms with Gasteiger partial charge in [-0.15, -0.1) is 0 Å². The van der Waals surface area contributed by atoms with Gasteiger partial charge in [0, 0.05) is 32.7 Å². The summed E-state index contributed by atoms with van der Waals surface area (Å²) in [6, 6.07) is 0. The van der Waals surface area contributed by atoms with Crippen molar-refractivity contribution >= 4 is 0 Å². The van der Waals surface area contributed by atoms with Gasteiger partial charge >= 0.3 is 0 Å². The Hall–Kier alpha value is -0.200. The summed E-state index contributed by atoms with van der Waals surface area (Å²) in [5, 5.41) is 1.49. The van der Waals surface area contributed by atoms with Gasteiger partial charge < -0.3 is 11.5 Å². The van der Waals surface area contributed by atoms with E-state index in [0.717, 1.165) is 45.8 Å². The minimum Gasteiger partial charge on any atom is -0.329 e. The highest BCUT2D eigenvalue weighted by Crippen LogP contribution is 1.82. The monoisotopic (exact) mass is 252 g/mol. The van der Waals surface area contributed by atoms with E-state index in [4.69, 9.17) is 11.5 Å². The minimum atomic E-state index is 0. The van der Waals surface area contributed by atoms with E-state index >= 15 is 0 Å². The minimum absolute atomic E-state index is 0. The number of nitrogens with one attached hydrogen (secondary N) is 2. The Morgan fingerprint density at radius 2 is 1.41 bits per heavy atom. The van der Waals surface area contributed by atoms with Gasteiger partial charge in [0.1, 0.15) is 13.1 Å². The van der Waals surface area contributed by atoms with Gasteiger partial charge in [0.05, 0.1) is 6.54 Å². The zero-order valence-corrected chi connectivity index (χ0v) is 8.26. The molecular formula is C12H38N5+. The fraction of sp³-hybridized carbons (Fsp3) is 1.00. The molecule has 17 heavy (non-hydrogen) atoms. The quantitative estimate of drug-likeness (QED) is 0.476. The summed E-state index contributed by atoms with van der Waals surface area (Å²) in [4.78, 5) is 2.33. The van der Waals surface area contributed by atoms with E-state index in [0.29, 0.717) is 0 Å². The van der Waals surface area contributed by atoms with Crippen molar-refractivity contribution in [2.45, 2.75) is 29.7 Å². The Labute approximate surface area is 109 Å². The standard InChI is InChI=1S/C8H21N5.4CH4/c9-1-4-12(5-2-10)7-8-13-6-3-11-13;;;;/h11H,1-10H2;4*1H4/p+1. The highest BCUT2D eigenvalue weighted by atomic mass is 15.6. The molecule has 0 spiro atoms. The number of hydrogen-bond acceptors (Lipinski definition) is 4. The molecule has 1 unspecified atom stereocenters. The van der Waals surface area contributed by atoms with Gasteiger partial charge in [-0.3, -0.25) is 9.91 Å². The van der Waals surface area contributed by atoms with Crippen LogP contribution in [0.1, 0.15) is 29.7 Å². The van der Waals surface area contributed by atoms with E-state index in [-0.39, 0.29) is 29.7 Å². The summed E-state index contributed by atoms with van der Waals surface area (Å²) >= 11 is 0. The van der Waals surface area contributed by atoms with Gasteiger partial charge in [-0.25, -0.2) is 0 Å². The van der Waals surface area contributed by atoms with Crippen molar-refractivity contribution in [3.05, 3.63) is 0 Å². The number of quaternary nitrogens is 1. The third-order valence-corrected chi connectivity index (χ3v) is 2.42. The maximum absolute atomic E-state index is 5.51. The molecule has 0 aromatic rings. The first-order valence-corrected chi connectivity index (χ1v) is 5.08. The van der Waals surface area contributed by atoms with Crippen molar-refractivity contribution in [1.29, 1.82) is 0 Å². The third kappa shape index (κ3) is 10.7. The zero-order valence-electron chi connectivity index (χ0n) is 8.26. The predicted octanol–water partition coefficient (Wildman–Crippen LogP) is -0.847. The molecular weight excluding hydrogens is 214 g/mol. The van der Waals surface area contributed by atoms with E-state index in [1.807, 2.05) is 0 Å². The Morgan fingerprint density at radius 1 is 0.941 bits per heavy atom. The van der Waals surface area contributed by atoms with Gasteiger partial charge in [0.15, 0.2) is 0 Å². The van der Waals surface area contributed by atoms with Gasteiger partial charge in [0.2, 0.25) is 0 Å². The van der Waals surface area contributed by atoms with E-state index < -0.39 is 0 Å². The first-order valence-electron chi connectivity index (χ1n) is 5.08. The molecule has 5 heteroatoms. The van der Waals surface area contributed by atoms with Crippen molar-refractivity contribution in [3.8, 4) is 0 Å². The van der Waals surface area contributed by atoms with Crippen LogP contribution < -0.4 is 21.9 Å². The molecule has 0 saturated carbocycles. The SMILES string of the molecule is C.C.C.C.NCCN(CCN)CC[NH+]1CCN1. The lowest BCUT2D eigenvalue weighted by Gasteiger charge is -2.30. The Kier molecular flexibility index (Phi) is 23.8. The second-order valence-electron chi connectivity index (χ2n) is 3.45. The summed E-state index contributed by atoms with van der Waals surface area (Å²) in [5.74, 6) is 0. The van der Waals surface area contributed by atoms with E-state index in [2.05, 4.69) is 10.3 Å². The van der Waals surface area contributed by atoms with Crippen LogP contribution >= 0.6 is 0 Å². The molecule has 0 aliphatic carbocycles. The molecule has 1 aliphatic heterocycles. The molecule has 0 aromatic heterocycles. The van der Waals surface area contributed by atoms with E-state index in [9.17, 15) is 0 Å². The summed E-state index contributed by atoms with van der Waals surface area (Å²) in [5.41, 5.74) is 14.3. The van der Waals surface area contributed by atoms with Crippen LogP contribution in [0.15, 0.2) is 0 Å². The molecule has 0 aromatic carbocycles. The average molecular weight is 252 g/mol. The third-order valence-electron chi connectivity index (χ3n) is 2.42. The molecule has 6 N–H and O–H groups in total. The lowest BCUT2D eigenvalue weighted by molar-refractivity contribution is -0.983. The van der Waals surface area contributed by atoms with E-state index in [1.165, 1.54) is 11.6 Å². The van der Waals surface area contributed by atoms with Crippen LogP contribution in [0.5, 0.6) is 0 Å². The van der Waals surface area contributed by atoms with Gasteiger partial charge in [-0.05, 0) is 0 Å². The van der Waals surface area contributed by atoms with Crippen LogP contribution in [-0.4, -0.2) is 57.3 Å². The molecule has 110 valence electrons. The van der Waals surface area contributed by atoms with Gasteiger partial charge in [-0.2, -0.15) is 5.43 Å². The molecule has 0 amide bonds. The normalized spacial score (nSPS) is 16.8. The van der Waals surface area contributed by atoms with Crippen molar-refractivity contribution in [2.24, 2.45) is 11.5 Å². The van der Waals surface area contributed by atoms with E-state index in [1.54, 1.807) is 0 Å². The number of hydrogen-bond donors (Lipinski definition) is 4. The number of nitrogens with zero attached hydrogens (tertiary/aromatic N) is 1. The smallest absolute Gasteiger partial charge is 0.112 e. The van der Waals surface area contributed by atoms with Gasteiger partial charge in [0.25, 0.3) is 0 Å². The van der Waals surface area contributed by atoms with Crippen molar-refractivity contribution in [2.75, 3.05) is 52.4 Å². The highest BCUT2D eigenvalue weighted by Gasteiger charge is 2.17. The maximum atomic E-state index is 5.51. The average Bonchev–Trinajstić information content (AvgIpc) is 2.02. The molecule has 1 heterocycles.